The van der Waals surface area contributed by atoms with Gasteiger partial charge in [-0.1, -0.05) is 37.1 Å². The third kappa shape index (κ3) is 4.94. The van der Waals surface area contributed by atoms with Gasteiger partial charge in [0.25, 0.3) is 0 Å². The van der Waals surface area contributed by atoms with Crippen molar-refractivity contribution in [1.82, 2.24) is 4.90 Å². The van der Waals surface area contributed by atoms with Gasteiger partial charge in [-0.05, 0) is 32.0 Å². The monoisotopic (exact) mass is 296 g/mol. The zero-order valence-corrected chi connectivity index (χ0v) is 12.7. The minimum Gasteiger partial charge on any atom is -0.369 e. The molecule has 0 aliphatic rings. The first-order chi connectivity index (χ1) is 9.45. The predicted molar refractivity (Wildman–Crippen MR) is 80.9 cm³/mol. The van der Waals surface area contributed by atoms with Crippen molar-refractivity contribution in [1.29, 1.82) is 0 Å². The van der Waals surface area contributed by atoms with Gasteiger partial charge in [0.05, 0.1) is 12.6 Å². The number of hydrogen-bond donors (Lipinski definition) is 1. The molecule has 1 rings (SSSR count). The topological polar surface area (TPSA) is 63.4 Å². The fourth-order valence-electron chi connectivity index (χ4n) is 2.02. The first-order valence-corrected chi connectivity index (χ1v) is 7.15. The standard InChI is InChI=1S/C15H21ClN2O2/c1-3-4-8-18(10-14(17)19)11(2)15(20)12-6-5-7-13(16)9-12/h5-7,9,11H,3-4,8,10H2,1-2H3,(H2,17,19). The predicted octanol–water partition coefficient (Wildman–Crippen LogP) is 2.50. The number of halogens is 1. The number of hydrogen-bond acceptors (Lipinski definition) is 3. The van der Waals surface area contributed by atoms with E-state index < -0.39 is 11.9 Å². The molecule has 0 saturated carbocycles. The molecule has 0 aromatic heterocycles. The second-order valence-corrected chi connectivity index (χ2v) is 5.28. The lowest BCUT2D eigenvalue weighted by atomic mass is 10.0. The van der Waals surface area contributed by atoms with Crippen LogP contribution in [0, 0.1) is 0 Å². The molecule has 1 unspecified atom stereocenters. The Hall–Kier alpha value is -1.39. The molecule has 0 aliphatic heterocycles. The number of benzene rings is 1. The van der Waals surface area contributed by atoms with Gasteiger partial charge in [-0.3, -0.25) is 14.5 Å². The van der Waals surface area contributed by atoms with Crippen LogP contribution in [0.3, 0.4) is 0 Å². The number of ketones is 1. The van der Waals surface area contributed by atoms with Crippen molar-refractivity contribution in [3.05, 3.63) is 34.9 Å². The van der Waals surface area contributed by atoms with Gasteiger partial charge in [0, 0.05) is 10.6 Å². The summed E-state index contributed by atoms with van der Waals surface area (Å²) in [6, 6.07) is 6.44. The molecule has 1 atom stereocenters. The lowest BCUT2D eigenvalue weighted by molar-refractivity contribution is -0.119. The molecule has 5 heteroatoms. The Morgan fingerprint density at radius 2 is 2.10 bits per heavy atom. The maximum absolute atomic E-state index is 12.4. The molecule has 0 spiro atoms. The Balaban J connectivity index is 2.84. The van der Waals surface area contributed by atoms with Gasteiger partial charge >= 0.3 is 0 Å². The van der Waals surface area contributed by atoms with E-state index in [0.29, 0.717) is 17.1 Å². The highest BCUT2D eigenvalue weighted by atomic mass is 35.5. The number of carbonyl (C=O) groups excluding carboxylic acids is 2. The van der Waals surface area contributed by atoms with E-state index in [4.69, 9.17) is 17.3 Å². The molecule has 0 radical (unpaired) electrons. The molecule has 0 saturated heterocycles. The second kappa shape index (κ2) is 8.02. The molecule has 0 heterocycles. The quantitative estimate of drug-likeness (QED) is 0.750. The van der Waals surface area contributed by atoms with E-state index in [0.717, 1.165) is 12.8 Å². The molecule has 110 valence electrons. The van der Waals surface area contributed by atoms with E-state index in [9.17, 15) is 9.59 Å². The minimum atomic E-state index is -0.424. The second-order valence-electron chi connectivity index (χ2n) is 4.84. The fourth-order valence-corrected chi connectivity index (χ4v) is 2.21. The molecule has 1 aromatic rings. The van der Waals surface area contributed by atoms with Gasteiger partial charge in [-0.2, -0.15) is 0 Å². The van der Waals surface area contributed by atoms with Crippen molar-refractivity contribution < 1.29 is 9.59 Å². The number of unbranched alkanes of at least 4 members (excludes halogenated alkanes) is 1. The smallest absolute Gasteiger partial charge is 0.231 e. The van der Waals surface area contributed by atoms with Crippen LogP contribution >= 0.6 is 11.6 Å². The number of carbonyl (C=O) groups is 2. The summed E-state index contributed by atoms with van der Waals surface area (Å²) in [5.74, 6) is -0.475. The third-order valence-corrected chi connectivity index (χ3v) is 3.43. The summed E-state index contributed by atoms with van der Waals surface area (Å²) in [6.07, 6.45) is 1.91. The lowest BCUT2D eigenvalue weighted by Crippen LogP contribution is -2.44. The molecule has 4 nitrogen and oxygen atoms in total. The SMILES string of the molecule is CCCCN(CC(N)=O)C(C)C(=O)c1cccc(Cl)c1. The Morgan fingerprint density at radius 3 is 2.65 bits per heavy atom. The van der Waals surface area contributed by atoms with Crippen LogP contribution in [0.25, 0.3) is 0 Å². The molecule has 0 aliphatic carbocycles. The van der Waals surface area contributed by atoms with Crippen molar-refractivity contribution in [2.75, 3.05) is 13.1 Å². The first kappa shape index (κ1) is 16.7. The number of Topliss-reactive ketones (excluding diaryl/α,β-unsaturated/α-hetero) is 1. The Morgan fingerprint density at radius 1 is 1.40 bits per heavy atom. The van der Waals surface area contributed by atoms with Crippen LogP contribution in [0.2, 0.25) is 5.02 Å². The van der Waals surface area contributed by atoms with Crippen LogP contribution in [0.5, 0.6) is 0 Å². The van der Waals surface area contributed by atoms with Crippen molar-refractivity contribution in [2.45, 2.75) is 32.7 Å². The van der Waals surface area contributed by atoms with Crippen LogP contribution in [0.4, 0.5) is 0 Å². The van der Waals surface area contributed by atoms with Crippen molar-refractivity contribution in [2.24, 2.45) is 5.73 Å². The van der Waals surface area contributed by atoms with Gasteiger partial charge < -0.3 is 5.73 Å². The van der Waals surface area contributed by atoms with Crippen LogP contribution < -0.4 is 5.73 Å². The van der Waals surface area contributed by atoms with Crippen molar-refractivity contribution in [3.8, 4) is 0 Å². The van der Waals surface area contributed by atoms with Gasteiger partial charge in [0.1, 0.15) is 0 Å². The molecular formula is C15H21ClN2O2. The third-order valence-electron chi connectivity index (χ3n) is 3.19. The molecule has 2 N–H and O–H groups in total. The van der Waals surface area contributed by atoms with Crippen LogP contribution in [0.1, 0.15) is 37.0 Å². The molecular weight excluding hydrogens is 276 g/mol. The molecule has 1 aromatic carbocycles. The summed E-state index contributed by atoms with van der Waals surface area (Å²) in [5, 5.41) is 0.526. The maximum Gasteiger partial charge on any atom is 0.231 e. The lowest BCUT2D eigenvalue weighted by Gasteiger charge is -2.26. The van der Waals surface area contributed by atoms with E-state index in [-0.39, 0.29) is 12.3 Å². The van der Waals surface area contributed by atoms with Crippen LogP contribution in [-0.2, 0) is 4.79 Å². The molecule has 1 amide bonds. The summed E-state index contributed by atoms with van der Waals surface area (Å²) >= 11 is 5.90. The van der Waals surface area contributed by atoms with E-state index in [2.05, 4.69) is 6.92 Å². The van der Waals surface area contributed by atoms with Crippen molar-refractivity contribution >= 4 is 23.3 Å². The molecule has 0 fully saturated rings. The molecule has 20 heavy (non-hydrogen) atoms. The summed E-state index contributed by atoms with van der Waals surface area (Å²) < 4.78 is 0. The number of nitrogens with two attached hydrogens (primary N) is 1. The van der Waals surface area contributed by atoms with Gasteiger partial charge in [0.2, 0.25) is 5.91 Å². The normalized spacial score (nSPS) is 12.4. The van der Waals surface area contributed by atoms with Gasteiger partial charge in [-0.15, -0.1) is 0 Å². The van der Waals surface area contributed by atoms with E-state index >= 15 is 0 Å². The Labute approximate surface area is 124 Å². The van der Waals surface area contributed by atoms with Crippen molar-refractivity contribution in [3.63, 3.8) is 0 Å². The summed E-state index contributed by atoms with van der Waals surface area (Å²) in [6.45, 7) is 4.62. The summed E-state index contributed by atoms with van der Waals surface area (Å²) in [4.78, 5) is 25.4. The average molecular weight is 297 g/mol. The highest BCUT2D eigenvalue weighted by Crippen LogP contribution is 2.15. The number of nitrogens with zero attached hydrogens (tertiary/aromatic N) is 1. The van der Waals surface area contributed by atoms with Gasteiger partial charge in [0.15, 0.2) is 5.78 Å². The minimum absolute atomic E-state index is 0.0511. The fraction of sp³-hybridized carbons (Fsp3) is 0.467. The van der Waals surface area contributed by atoms with E-state index in [1.165, 1.54) is 0 Å². The highest BCUT2D eigenvalue weighted by molar-refractivity contribution is 6.31. The largest absolute Gasteiger partial charge is 0.369 e. The van der Waals surface area contributed by atoms with Crippen LogP contribution in [0.15, 0.2) is 24.3 Å². The molecule has 0 bridgehead atoms. The zero-order chi connectivity index (χ0) is 15.1. The van der Waals surface area contributed by atoms with E-state index in [1.54, 1.807) is 31.2 Å². The van der Waals surface area contributed by atoms with E-state index in [1.807, 2.05) is 4.90 Å². The first-order valence-electron chi connectivity index (χ1n) is 6.77. The average Bonchev–Trinajstić information content (AvgIpc) is 2.41. The van der Waals surface area contributed by atoms with Crippen LogP contribution in [-0.4, -0.2) is 35.7 Å². The zero-order valence-electron chi connectivity index (χ0n) is 11.9. The Kier molecular flexibility index (Phi) is 6.68. The maximum atomic E-state index is 12.4. The highest BCUT2D eigenvalue weighted by Gasteiger charge is 2.23. The number of amides is 1. The summed E-state index contributed by atoms with van der Waals surface area (Å²) in [7, 11) is 0. The summed E-state index contributed by atoms with van der Waals surface area (Å²) in [5.41, 5.74) is 5.80. The Bertz CT molecular complexity index is 477. The number of rotatable bonds is 8. The number of primary amides is 1. The van der Waals surface area contributed by atoms with Gasteiger partial charge in [-0.25, -0.2) is 0 Å².